The van der Waals surface area contributed by atoms with E-state index in [1.54, 1.807) is 30.3 Å². The molecule has 3 aromatic rings. The van der Waals surface area contributed by atoms with Gasteiger partial charge in [-0.2, -0.15) is 5.26 Å². The van der Waals surface area contributed by atoms with E-state index in [9.17, 15) is 24.6 Å². The molecule has 0 radical (unpaired) electrons. The van der Waals surface area contributed by atoms with Crippen LogP contribution in [0.2, 0.25) is 0 Å². The molecule has 3 aromatic carbocycles. The molecule has 0 saturated heterocycles. The largest absolute Gasteiger partial charge is 0.487 e. The second-order valence-electron chi connectivity index (χ2n) is 6.63. The van der Waals surface area contributed by atoms with Gasteiger partial charge in [-0.3, -0.25) is 14.9 Å². The number of nitriles is 1. The highest BCUT2D eigenvalue weighted by molar-refractivity contribution is 14.1. The van der Waals surface area contributed by atoms with E-state index < -0.39 is 16.6 Å². The lowest BCUT2D eigenvalue weighted by Gasteiger charge is -2.12. The first-order chi connectivity index (χ1) is 15.8. The summed E-state index contributed by atoms with van der Waals surface area (Å²) in [6, 6.07) is 17.0. The van der Waals surface area contributed by atoms with Crippen molar-refractivity contribution in [3.8, 4) is 11.8 Å². The van der Waals surface area contributed by atoms with E-state index in [1.807, 2.05) is 28.7 Å². The summed E-state index contributed by atoms with van der Waals surface area (Å²) in [7, 11) is 0. The Kier molecular flexibility index (Phi) is 8.13. The Balaban J connectivity index is 1.78. The van der Waals surface area contributed by atoms with Crippen LogP contribution in [0.15, 0.2) is 70.7 Å². The second kappa shape index (κ2) is 11.0. The molecule has 0 aromatic heterocycles. The molecule has 1 amide bonds. The number of carbonyl (C=O) groups is 1. The molecule has 7 nitrogen and oxygen atoms in total. The normalized spacial score (nSPS) is 10.9. The van der Waals surface area contributed by atoms with Crippen molar-refractivity contribution in [1.29, 1.82) is 5.26 Å². The van der Waals surface area contributed by atoms with Gasteiger partial charge in [0.1, 0.15) is 29.8 Å². The SMILES string of the molecule is N#C/C(=C/c1cc(Br)c(OCc2cccc([N+](=O)[O-])c2)c(I)c1)C(=O)Nc1ccccc1F. The summed E-state index contributed by atoms with van der Waals surface area (Å²) in [5, 5.41) is 22.7. The summed E-state index contributed by atoms with van der Waals surface area (Å²) in [4.78, 5) is 22.9. The van der Waals surface area contributed by atoms with Crippen LogP contribution in [0.3, 0.4) is 0 Å². The maximum absolute atomic E-state index is 13.8. The first-order valence-corrected chi connectivity index (χ1v) is 11.2. The van der Waals surface area contributed by atoms with Crippen LogP contribution in [0.1, 0.15) is 11.1 Å². The monoisotopic (exact) mass is 621 g/mol. The number of hydrogen-bond acceptors (Lipinski definition) is 5. The highest BCUT2D eigenvalue weighted by Crippen LogP contribution is 2.33. The van der Waals surface area contributed by atoms with E-state index in [0.29, 0.717) is 24.9 Å². The van der Waals surface area contributed by atoms with E-state index in [0.717, 1.165) is 0 Å². The fourth-order valence-corrected chi connectivity index (χ4v) is 4.55. The van der Waals surface area contributed by atoms with E-state index >= 15 is 0 Å². The molecule has 0 aliphatic heterocycles. The number of ether oxygens (including phenoxy) is 1. The van der Waals surface area contributed by atoms with E-state index in [2.05, 4.69) is 21.2 Å². The number of hydrogen-bond donors (Lipinski definition) is 1. The molecular weight excluding hydrogens is 608 g/mol. The maximum Gasteiger partial charge on any atom is 0.269 e. The maximum atomic E-state index is 13.8. The number of halogens is 3. The Morgan fingerprint density at radius 3 is 2.67 bits per heavy atom. The van der Waals surface area contributed by atoms with Crippen LogP contribution in [-0.2, 0) is 11.4 Å². The Morgan fingerprint density at radius 1 is 1.24 bits per heavy atom. The highest BCUT2D eigenvalue weighted by atomic mass is 127. The van der Waals surface area contributed by atoms with Crippen LogP contribution in [0.4, 0.5) is 15.8 Å². The Morgan fingerprint density at radius 2 is 2.00 bits per heavy atom. The lowest BCUT2D eigenvalue weighted by atomic mass is 10.1. The van der Waals surface area contributed by atoms with Gasteiger partial charge in [0.25, 0.3) is 11.6 Å². The molecule has 0 aliphatic carbocycles. The topological polar surface area (TPSA) is 105 Å². The average molecular weight is 622 g/mol. The van der Waals surface area contributed by atoms with Gasteiger partial charge in [-0.1, -0.05) is 24.3 Å². The molecule has 0 spiro atoms. The Bertz CT molecular complexity index is 1280. The summed E-state index contributed by atoms with van der Waals surface area (Å²) >= 11 is 5.47. The number of nitrogens with one attached hydrogen (secondary N) is 1. The third-order valence-electron chi connectivity index (χ3n) is 4.32. The van der Waals surface area contributed by atoms with Gasteiger partial charge in [-0.15, -0.1) is 0 Å². The lowest BCUT2D eigenvalue weighted by molar-refractivity contribution is -0.384. The molecule has 0 bridgehead atoms. The van der Waals surface area contributed by atoms with Gasteiger partial charge in [-0.25, -0.2) is 4.39 Å². The quantitative estimate of drug-likeness (QED) is 0.111. The van der Waals surface area contributed by atoms with Crippen molar-refractivity contribution in [2.75, 3.05) is 5.32 Å². The summed E-state index contributed by atoms with van der Waals surface area (Å²) in [6.45, 7) is 0.111. The number of nitro groups is 1. The number of rotatable bonds is 7. The summed E-state index contributed by atoms with van der Waals surface area (Å²) in [5.74, 6) is -0.834. The Hall–Kier alpha value is -3.30. The van der Waals surface area contributed by atoms with Crippen molar-refractivity contribution in [3.05, 3.63) is 101 Å². The van der Waals surface area contributed by atoms with Gasteiger partial charge in [0, 0.05) is 12.1 Å². The number of benzene rings is 3. The predicted octanol–water partition coefficient (Wildman–Crippen LogP) is 6.23. The zero-order valence-corrected chi connectivity index (χ0v) is 20.5. The molecule has 3 rings (SSSR count). The number of nitrogens with zero attached hydrogens (tertiary/aromatic N) is 2. The molecular formula is C23H14BrFIN3O4. The molecule has 166 valence electrons. The Labute approximate surface area is 210 Å². The van der Waals surface area contributed by atoms with Crippen molar-refractivity contribution < 1.29 is 18.8 Å². The van der Waals surface area contributed by atoms with Crippen LogP contribution in [0, 0.1) is 30.8 Å². The molecule has 0 heterocycles. The number of non-ortho nitro benzene ring substituents is 1. The van der Waals surface area contributed by atoms with E-state index in [4.69, 9.17) is 4.74 Å². The zero-order valence-electron chi connectivity index (χ0n) is 16.7. The van der Waals surface area contributed by atoms with Crippen molar-refractivity contribution >= 4 is 61.9 Å². The van der Waals surface area contributed by atoms with Crippen LogP contribution in [0.25, 0.3) is 6.08 Å². The predicted molar refractivity (Wildman–Crippen MR) is 133 cm³/mol. The molecule has 0 saturated carbocycles. The molecule has 0 unspecified atom stereocenters. The fraction of sp³-hybridized carbons (Fsp3) is 0.0435. The highest BCUT2D eigenvalue weighted by Gasteiger charge is 2.14. The average Bonchev–Trinajstić information content (AvgIpc) is 2.78. The third-order valence-corrected chi connectivity index (χ3v) is 5.71. The smallest absolute Gasteiger partial charge is 0.269 e. The van der Waals surface area contributed by atoms with Crippen molar-refractivity contribution in [2.24, 2.45) is 0 Å². The molecule has 10 heteroatoms. The summed E-state index contributed by atoms with van der Waals surface area (Å²) in [6.07, 6.45) is 1.38. The molecule has 0 fully saturated rings. The molecule has 1 N–H and O–H groups in total. The standard InChI is InChI=1S/C23H14BrFIN3O4/c24-18-10-15(8-16(12-27)23(30)28-21-7-2-1-6-19(21)25)11-20(26)22(18)33-13-14-4-3-5-17(9-14)29(31)32/h1-11H,13H2,(H,28,30)/b16-8-. The van der Waals surface area contributed by atoms with Crippen molar-refractivity contribution in [2.45, 2.75) is 6.61 Å². The van der Waals surface area contributed by atoms with E-state index in [-0.39, 0.29) is 23.6 Å². The van der Waals surface area contributed by atoms with Crippen molar-refractivity contribution in [1.82, 2.24) is 0 Å². The lowest BCUT2D eigenvalue weighted by Crippen LogP contribution is -2.14. The number of carbonyl (C=O) groups excluding carboxylic acids is 1. The second-order valence-corrected chi connectivity index (χ2v) is 8.65. The van der Waals surface area contributed by atoms with Gasteiger partial charge in [0.2, 0.25) is 0 Å². The number of para-hydroxylation sites is 1. The number of amides is 1. The van der Waals surface area contributed by atoms with E-state index in [1.165, 1.54) is 36.4 Å². The van der Waals surface area contributed by atoms with Gasteiger partial charge < -0.3 is 10.1 Å². The molecule has 33 heavy (non-hydrogen) atoms. The third kappa shape index (κ3) is 6.36. The zero-order chi connectivity index (χ0) is 24.0. The van der Waals surface area contributed by atoms with Gasteiger partial charge in [-0.05, 0) is 80.0 Å². The molecule has 0 aliphatic rings. The first kappa shape index (κ1) is 24.3. The minimum Gasteiger partial charge on any atom is -0.487 e. The summed E-state index contributed by atoms with van der Waals surface area (Å²) < 4.78 is 20.9. The minimum atomic E-state index is -0.736. The van der Waals surface area contributed by atoms with Crippen LogP contribution in [-0.4, -0.2) is 10.8 Å². The van der Waals surface area contributed by atoms with Crippen LogP contribution >= 0.6 is 38.5 Å². The van der Waals surface area contributed by atoms with Crippen LogP contribution < -0.4 is 10.1 Å². The van der Waals surface area contributed by atoms with Gasteiger partial charge >= 0.3 is 0 Å². The van der Waals surface area contributed by atoms with Crippen LogP contribution in [0.5, 0.6) is 5.75 Å². The number of nitro benzene ring substituents is 1. The van der Waals surface area contributed by atoms with Gasteiger partial charge in [0.15, 0.2) is 0 Å². The summed E-state index contributed by atoms with van der Waals surface area (Å²) in [5.41, 5.74) is 0.931. The number of anilines is 1. The molecule has 0 atom stereocenters. The minimum absolute atomic E-state index is 0.0238. The first-order valence-electron chi connectivity index (χ1n) is 9.31. The van der Waals surface area contributed by atoms with Gasteiger partial charge in [0.05, 0.1) is 18.7 Å². The fourth-order valence-electron chi connectivity index (χ4n) is 2.78. The van der Waals surface area contributed by atoms with Crippen molar-refractivity contribution in [3.63, 3.8) is 0 Å².